The molecule has 1 aliphatic heterocycles. The Balaban J connectivity index is 1.89. The smallest absolute Gasteiger partial charge is 0.417 e. The molecule has 4 nitrogen and oxygen atoms in total. The molecule has 0 aromatic heterocycles. The fraction of sp³-hybridized carbons (Fsp3) is 0.889. The van der Waals surface area contributed by atoms with Gasteiger partial charge in [0.2, 0.25) is 0 Å². The molecule has 0 atom stereocenters. The Hall–Kier alpha value is -0.610. The van der Waals surface area contributed by atoms with Gasteiger partial charge in [0, 0.05) is 26.2 Å². The van der Waals surface area contributed by atoms with Crippen LogP contribution in [0.3, 0.4) is 0 Å². The first-order valence-corrected chi connectivity index (χ1v) is 4.85. The maximum Gasteiger partial charge on any atom is 0.417 e. The lowest BCUT2D eigenvalue weighted by Crippen LogP contribution is -2.43. The van der Waals surface area contributed by atoms with Crippen molar-refractivity contribution < 1.29 is 9.53 Å². The first-order chi connectivity index (χ1) is 6.43. The van der Waals surface area contributed by atoms with Crippen LogP contribution < -0.4 is 5.32 Å². The third kappa shape index (κ3) is 4.85. The summed E-state index contributed by atoms with van der Waals surface area (Å²) in [6, 6.07) is 0. The van der Waals surface area contributed by atoms with Gasteiger partial charge in [-0.15, -0.1) is 0 Å². The van der Waals surface area contributed by atoms with Crippen LogP contribution in [0.25, 0.3) is 0 Å². The van der Waals surface area contributed by atoms with Gasteiger partial charge >= 0.3 is 6.47 Å². The Morgan fingerprint density at radius 1 is 1.31 bits per heavy atom. The van der Waals surface area contributed by atoms with E-state index in [4.69, 9.17) is 0 Å². The summed E-state index contributed by atoms with van der Waals surface area (Å²) in [5, 5.41) is 3.31. The Kier molecular flexibility index (Phi) is 5.52. The number of nitrogens with one attached hydrogen (secondary N) is 1. The topological polar surface area (TPSA) is 41.6 Å². The zero-order valence-electron chi connectivity index (χ0n) is 7.92. The molecule has 0 bridgehead atoms. The minimum Gasteiger partial charge on any atom is -0.457 e. The van der Waals surface area contributed by atoms with Crippen molar-refractivity contribution in [3.8, 4) is 0 Å². The van der Waals surface area contributed by atoms with Crippen LogP contribution in [-0.4, -0.2) is 50.7 Å². The molecular weight excluding hydrogens is 168 g/mol. The molecule has 1 N–H and O–H groups in total. The number of unbranched alkanes of at least 4 members (excludes halogenated alkanes) is 1. The van der Waals surface area contributed by atoms with Crippen molar-refractivity contribution in [2.24, 2.45) is 0 Å². The Morgan fingerprint density at radius 2 is 2.08 bits per heavy atom. The lowest BCUT2D eigenvalue weighted by atomic mass is 10.3. The fourth-order valence-electron chi connectivity index (χ4n) is 1.49. The predicted octanol–water partition coefficient (Wildman–Crippen LogP) is -0.244. The molecule has 0 spiro atoms. The zero-order valence-corrected chi connectivity index (χ0v) is 7.92. The van der Waals surface area contributed by atoms with Crippen molar-refractivity contribution in [1.82, 2.24) is 10.2 Å². The number of nitrogens with zero attached hydrogens (tertiary/aromatic N) is 1. The third-order valence-electron chi connectivity index (χ3n) is 2.24. The molecule has 0 saturated carbocycles. The number of hydrogen-bond acceptors (Lipinski definition) is 4. The number of rotatable bonds is 6. The SMILES string of the molecule is O=[C]OCCCCN1CCNCC1. The summed E-state index contributed by atoms with van der Waals surface area (Å²) in [5.41, 5.74) is 0. The lowest BCUT2D eigenvalue weighted by Gasteiger charge is -2.26. The van der Waals surface area contributed by atoms with Gasteiger partial charge in [-0.2, -0.15) is 0 Å². The van der Waals surface area contributed by atoms with Gasteiger partial charge < -0.3 is 15.0 Å². The van der Waals surface area contributed by atoms with Crippen molar-refractivity contribution in [2.45, 2.75) is 12.8 Å². The maximum absolute atomic E-state index is 9.70. The van der Waals surface area contributed by atoms with Crippen LogP contribution in [0.1, 0.15) is 12.8 Å². The molecule has 1 aliphatic rings. The van der Waals surface area contributed by atoms with Crippen LogP contribution in [-0.2, 0) is 9.53 Å². The van der Waals surface area contributed by atoms with Gasteiger partial charge in [-0.25, -0.2) is 4.79 Å². The van der Waals surface area contributed by atoms with Crippen LogP contribution in [0.4, 0.5) is 0 Å². The summed E-state index contributed by atoms with van der Waals surface area (Å²) in [4.78, 5) is 12.1. The van der Waals surface area contributed by atoms with Gasteiger partial charge in [-0.3, -0.25) is 0 Å². The van der Waals surface area contributed by atoms with E-state index in [0.29, 0.717) is 6.61 Å². The van der Waals surface area contributed by atoms with Crippen molar-refractivity contribution in [3.05, 3.63) is 0 Å². The van der Waals surface area contributed by atoms with Crippen molar-refractivity contribution in [2.75, 3.05) is 39.3 Å². The van der Waals surface area contributed by atoms with Gasteiger partial charge in [0.05, 0.1) is 6.61 Å². The second-order valence-corrected chi connectivity index (χ2v) is 3.23. The number of carbonyl (C=O) groups excluding carboxylic acids is 1. The van der Waals surface area contributed by atoms with E-state index >= 15 is 0 Å². The van der Waals surface area contributed by atoms with Gasteiger partial charge in [0.1, 0.15) is 0 Å². The van der Waals surface area contributed by atoms with E-state index < -0.39 is 0 Å². The lowest BCUT2D eigenvalue weighted by molar-refractivity contribution is 0.220. The van der Waals surface area contributed by atoms with E-state index in [0.717, 1.165) is 45.6 Å². The quantitative estimate of drug-likeness (QED) is 0.580. The monoisotopic (exact) mass is 185 g/mol. The van der Waals surface area contributed by atoms with Crippen molar-refractivity contribution in [1.29, 1.82) is 0 Å². The average molecular weight is 185 g/mol. The van der Waals surface area contributed by atoms with Crippen LogP contribution in [0, 0.1) is 0 Å². The van der Waals surface area contributed by atoms with E-state index in [2.05, 4.69) is 15.0 Å². The van der Waals surface area contributed by atoms with E-state index in [9.17, 15) is 4.79 Å². The molecule has 75 valence electrons. The standard InChI is InChI=1S/C9H17N2O2/c12-9-13-8-2-1-5-11-6-3-10-4-7-11/h10H,1-8H2. The number of ether oxygens (including phenoxy) is 1. The Bertz CT molecular complexity index is 136. The molecule has 0 aromatic rings. The van der Waals surface area contributed by atoms with E-state index in [1.54, 1.807) is 0 Å². The first kappa shape index (κ1) is 10.5. The van der Waals surface area contributed by atoms with E-state index in [-0.39, 0.29) is 0 Å². The summed E-state index contributed by atoms with van der Waals surface area (Å²) < 4.78 is 4.49. The molecular formula is C9H17N2O2. The number of piperazine rings is 1. The molecule has 1 rings (SSSR count). The van der Waals surface area contributed by atoms with Gasteiger partial charge in [-0.1, -0.05) is 0 Å². The van der Waals surface area contributed by atoms with Crippen molar-refractivity contribution in [3.63, 3.8) is 0 Å². The first-order valence-electron chi connectivity index (χ1n) is 4.85. The van der Waals surface area contributed by atoms with Crippen LogP contribution >= 0.6 is 0 Å². The maximum atomic E-state index is 9.70. The highest BCUT2D eigenvalue weighted by molar-refractivity contribution is 5.37. The zero-order chi connectivity index (χ0) is 9.36. The second kappa shape index (κ2) is 6.86. The van der Waals surface area contributed by atoms with E-state index in [1.165, 1.54) is 6.47 Å². The Morgan fingerprint density at radius 3 is 2.77 bits per heavy atom. The molecule has 13 heavy (non-hydrogen) atoms. The minimum absolute atomic E-state index is 0.510. The third-order valence-corrected chi connectivity index (χ3v) is 2.24. The van der Waals surface area contributed by atoms with Crippen LogP contribution in [0.2, 0.25) is 0 Å². The highest BCUT2D eigenvalue weighted by Gasteiger charge is 2.07. The summed E-state index contributed by atoms with van der Waals surface area (Å²) in [6.07, 6.45) is 2.04. The van der Waals surface area contributed by atoms with Crippen LogP contribution in [0.5, 0.6) is 0 Å². The molecule has 1 radical (unpaired) electrons. The van der Waals surface area contributed by atoms with Gasteiger partial charge in [0.25, 0.3) is 0 Å². The molecule has 4 heteroatoms. The highest BCUT2D eigenvalue weighted by Crippen LogP contribution is 1.97. The summed E-state index contributed by atoms with van der Waals surface area (Å²) in [5.74, 6) is 0. The molecule has 0 aromatic carbocycles. The molecule has 1 fully saturated rings. The average Bonchev–Trinajstić information content (AvgIpc) is 2.19. The minimum atomic E-state index is 0.510. The molecule has 1 heterocycles. The van der Waals surface area contributed by atoms with E-state index in [1.807, 2.05) is 0 Å². The second-order valence-electron chi connectivity index (χ2n) is 3.23. The summed E-state index contributed by atoms with van der Waals surface area (Å²) in [6.45, 7) is 7.53. The van der Waals surface area contributed by atoms with Gasteiger partial charge in [-0.05, 0) is 19.4 Å². The molecule has 0 aliphatic carbocycles. The predicted molar refractivity (Wildman–Crippen MR) is 50.2 cm³/mol. The molecule has 1 saturated heterocycles. The summed E-state index contributed by atoms with van der Waals surface area (Å²) >= 11 is 0. The van der Waals surface area contributed by atoms with Crippen molar-refractivity contribution >= 4 is 6.47 Å². The number of hydrogen-bond donors (Lipinski definition) is 1. The molecule has 0 unspecified atom stereocenters. The largest absolute Gasteiger partial charge is 0.457 e. The molecule has 0 amide bonds. The normalized spacial score (nSPS) is 18.5. The van der Waals surface area contributed by atoms with Gasteiger partial charge in [0.15, 0.2) is 0 Å². The Labute approximate surface area is 79.2 Å². The fourth-order valence-corrected chi connectivity index (χ4v) is 1.49. The summed E-state index contributed by atoms with van der Waals surface area (Å²) in [7, 11) is 0. The van der Waals surface area contributed by atoms with Crippen LogP contribution in [0.15, 0.2) is 0 Å². The highest BCUT2D eigenvalue weighted by atomic mass is 16.5.